The minimum absolute atomic E-state index is 0.0758. The second kappa shape index (κ2) is 8.98. The molecule has 0 fully saturated rings. The van der Waals surface area contributed by atoms with Crippen LogP contribution in [-0.2, 0) is 9.59 Å². The van der Waals surface area contributed by atoms with E-state index in [0.717, 1.165) is 25.7 Å². The van der Waals surface area contributed by atoms with Crippen molar-refractivity contribution in [3.63, 3.8) is 0 Å². The van der Waals surface area contributed by atoms with Crippen LogP contribution in [0.1, 0.15) is 46.0 Å². The molecule has 2 amide bonds. The lowest BCUT2D eigenvalue weighted by Gasteiger charge is -2.25. The molecule has 0 heterocycles. The molecule has 0 aromatic rings. The van der Waals surface area contributed by atoms with Crippen LogP contribution >= 0.6 is 0 Å². The molecule has 0 aliphatic carbocycles. The molecule has 1 unspecified atom stereocenters. The van der Waals surface area contributed by atoms with Crippen molar-refractivity contribution in [1.82, 2.24) is 4.90 Å². The van der Waals surface area contributed by atoms with E-state index in [-0.39, 0.29) is 12.3 Å². The Hall–Kier alpha value is -1.10. The predicted octanol–water partition coefficient (Wildman–Crippen LogP) is 0.618. The number of primary amides is 1. The summed E-state index contributed by atoms with van der Waals surface area (Å²) in [5.41, 5.74) is 10.7. The van der Waals surface area contributed by atoms with E-state index in [2.05, 4.69) is 13.8 Å². The molecule has 5 nitrogen and oxygen atoms in total. The van der Waals surface area contributed by atoms with E-state index in [9.17, 15) is 9.59 Å². The molecule has 0 bridgehead atoms. The minimum atomic E-state index is -0.791. The molecule has 17 heavy (non-hydrogen) atoms. The standard InChI is InChI=1S/C12H25N3O2/c1-3-5-7-15(8-6-4-2)12(17)10(13)9-11(14)16/h10H,3-9,13H2,1-2H3,(H2,14,16). The first-order valence-corrected chi connectivity index (χ1v) is 6.35. The third-order valence-corrected chi connectivity index (χ3v) is 2.61. The van der Waals surface area contributed by atoms with Crippen LogP contribution in [0, 0.1) is 0 Å². The van der Waals surface area contributed by atoms with Crippen LogP contribution in [-0.4, -0.2) is 35.8 Å². The molecule has 0 aliphatic rings. The summed E-state index contributed by atoms with van der Waals surface area (Å²) in [5.74, 6) is -0.692. The Bertz CT molecular complexity index is 236. The van der Waals surface area contributed by atoms with Crippen LogP contribution in [0.4, 0.5) is 0 Å². The second-order valence-corrected chi connectivity index (χ2v) is 4.31. The SMILES string of the molecule is CCCCN(CCCC)C(=O)C(N)CC(N)=O. The van der Waals surface area contributed by atoms with Gasteiger partial charge in [-0.1, -0.05) is 26.7 Å². The number of carbonyl (C=O) groups excluding carboxylic acids is 2. The van der Waals surface area contributed by atoms with Gasteiger partial charge in [-0.2, -0.15) is 0 Å². The summed E-state index contributed by atoms with van der Waals surface area (Å²) in [6.45, 7) is 5.57. The Morgan fingerprint density at radius 1 is 1.12 bits per heavy atom. The summed E-state index contributed by atoms with van der Waals surface area (Å²) in [6.07, 6.45) is 3.90. The number of hydrogen-bond donors (Lipinski definition) is 2. The van der Waals surface area contributed by atoms with Crippen LogP contribution in [0.5, 0.6) is 0 Å². The molecule has 0 radical (unpaired) electrons. The van der Waals surface area contributed by atoms with E-state index in [4.69, 9.17) is 11.5 Å². The average molecular weight is 243 g/mol. The van der Waals surface area contributed by atoms with E-state index in [1.165, 1.54) is 0 Å². The summed E-state index contributed by atoms with van der Waals surface area (Å²) < 4.78 is 0. The Balaban J connectivity index is 4.32. The van der Waals surface area contributed by atoms with E-state index < -0.39 is 11.9 Å². The summed E-state index contributed by atoms with van der Waals surface area (Å²) in [7, 11) is 0. The largest absolute Gasteiger partial charge is 0.370 e. The first-order chi connectivity index (χ1) is 8.02. The first-order valence-electron chi connectivity index (χ1n) is 6.35. The van der Waals surface area contributed by atoms with Gasteiger partial charge in [-0.25, -0.2) is 0 Å². The van der Waals surface area contributed by atoms with E-state index >= 15 is 0 Å². The van der Waals surface area contributed by atoms with Gasteiger partial charge in [0.25, 0.3) is 0 Å². The number of nitrogens with two attached hydrogens (primary N) is 2. The fraction of sp³-hybridized carbons (Fsp3) is 0.833. The number of unbranched alkanes of at least 4 members (excludes halogenated alkanes) is 2. The molecule has 0 saturated carbocycles. The maximum Gasteiger partial charge on any atom is 0.240 e. The lowest BCUT2D eigenvalue weighted by Crippen LogP contribution is -2.46. The zero-order valence-electron chi connectivity index (χ0n) is 10.9. The number of nitrogens with zero attached hydrogens (tertiary/aromatic N) is 1. The zero-order chi connectivity index (χ0) is 13.3. The molecular formula is C12H25N3O2. The van der Waals surface area contributed by atoms with Crippen LogP contribution in [0.2, 0.25) is 0 Å². The third kappa shape index (κ3) is 6.94. The van der Waals surface area contributed by atoms with Crippen LogP contribution in [0.15, 0.2) is 0 Å². The van der Waals surface area contributed by atoms with Crippen molar-refractivity contribution in [1.29, 1.82) is 0 Å². The van der Waals surface area contributed by atoms with Gasteiger partial charge in [0.1, 0.15) is 0 Å². The lowest BCUT2D eigenvalue weighted by molar-refractivity contribution is -0.134. The van der Waals surface area contributed by atoms with Crippen molar-refractivity contribution < 1.29 is 9.59 Å². The highest BCUT2D eigenvalue weighted by molar-refractivity contribution is 5.87. The van der Waals surface area contributed by atoms with Crippen molar-refractivity contribution in [3.8, 4) is 0 Å². The second-order valence-electron chi connectivity index (χ2n) is 4.31. The van der Waals surface area contributed by atoms with Gasteiger partial charge in [0.2, 0.25) is 11.8 Å². The number of hydrogen-bond acceptors (Lipinski definition) is 3. The zero-order valence-corrected chi connectivity index (χ0v) is 10.9. The summed E-state index contributed by atoms with van der Waals surface area (Å²) in [5, 5.41) is 0. The van der Waals surface area contributed by atoms with Crippen molar-refractivity contribution in [2.75, 3.05) is 13.1 Å². The third-order valence-electron chi connectivity index (χ3n) is 2.61. The van der Waals surface area contributed by atoms with Gasteiger partial charge in [-0.05, 0) is 12.8 Å². The fourth-order valence-electron chi connectivity index (χ4n) is 1.57. The maximum atomic E-state index is 12.0. The molecule has 0 rings (SSSR count). The van der Waals surface area contributed by atoms with Crippen LogP contribution in [0.25, 0.3) is 0 Å². The van der Waals surface area contributed by atoms with Crippen molar-refractivity contribution in [2.45, 2.75) is 52.0 Å². The quantitative estimate of drug-likeness (QED) is 0.622. The van der Waals surface area contributed by atoms with E-state index in [1.54, 1.807) is 4.90 Å². The molecule has 0 aliphatic heterocycles. The monoisotopic (exact) mass is 243 g/mol. The molecule has 5 heteroatoms. The maximum absolute atomic E-state index is 12.0. The molecule has 0 saturated heterocycles. The molecule has 4 N–H and O–H groups in total. The van der Waals surface area contributed by atoms with Gasteiger partial charge in [0.15, 0.2) is 0 Å². The van der Waals surface area contributed by atoms with Gasteiger partial charge in [0, 0.05) is 13.1 Å². The minimum Gasteiger partial charge on any atom is -0.370 e. The van der Waals surface area contributed by atoms with Crippen molar-refractivity contribution in [3.05, 3.63) is 0 Å². The Kier molecular flexibility index (Phi) is 8.40. The number of amides is 2. The Morgan fingerprint density at radius 2 is 1.59 bits per heavy atom. The van der Waals surface area contributed by atoms with Crippen LogP contribution in [0.3, 0.4) is 0 Å². The lowest BCUT2D eigenvalue weighted by atomic mass is 10.1. The van der Waals surface area contributed by atoms with E-state index in [0.29, 0.717) is 13.1 Å². The van der Waals surface area contributed by atoms with Crippen LogP contribution < -0.4 is 11.5 Å². The Labute approximate surface area is 104 Å². The van der Waals surface area contributed by atoms with Gasteiger partial charge < -0.3 is 16.4 Å². The highest BCUT2D eigenvalue weighted by Crippen LogP contribution is 2.03. The molecule has 0 aromatic heterocycles. The molecular weight excluding hydrogens is 218 g/mol. The van der Waals surface area contributed by atoms with E-state index in [1.807, 2.05) is 0 Å². The number of carbonyl (C=O) groups is 2. The predicted molar refractivity (Wildman–Crippen MR) is 68.2 cm³/mol. The normalized spacial score (nSPS) is 12.2. The highest BCUT2D eigenvalue weighted by atomic mass is 16.2. The smallest absolute Gasteiger partial charge is 0.240 e. The van der Waals surface area contributed by atoms with Gasteiger partial charge >= 0.3 is 0 Å². The number of rotatable bonds is 9. The molecule has 100 valence electrons. The molecule has 1 atom stereocenters. The highest BCUT2D eigenvalue weighted by Gasteiger charge is 2.21. The molecule has 0 aromatic carbocycles. The van der Waals surface area contributed by atoms with Crippen molar-refractivity contribution >= 4 is 11.8 Å². The summed E-state index contributed by atoms with van der Waals surface area (Å²) >= 11 is 0. The topological polar surface area (TPSA) is 89.4 Å². The first kappa shape index (κ1) is 15.9. The summed E-state index contributed by atoms with van der Waals surface area (Å²) in [4.78, 5) is 24.5. The van der Waals surface area contributed by atoms with Gasteiger partial charge in [-0.3, -0.25) is 9.59 Å². The fourth-order valence-corrected chi connectivity index (χ4v) is 1.57. The molecule has 0 spiro atoms. The van der Waals surface area contributed by atoms with Gasteiger partial charge in [-0.15, -0.1) is 0 Å². The van der Waals surface area contributed by atoms with Crippen molar-refractivity contribution in [2.24, 2.45) is 11.5 Å². The Morgan fingerprint density at radius 3 is 1.94 bits per heavy atom. The van der Waals surface area contributed by atoms with Gasteiger partial charge in [0.05, 0.1) is 12.5 Å². The summed E-state index contributed by atoms with van der Waals surface area (Å²) in [6, 6.07) is -0.791. The average Bonchev–Trinajstić information content (AvgIpc) is 2.27.